The molecule has 0 aliphatic carbocycles. The fourth-order valence-corrected chi connectivity index (χ4v) is 5.67. The first-order valence-corrected chi connectivity index (χ1v) is 11.9. The number of carbonyl (C=O) groups is 1. The van der Waals surface area contributed by atoms with Crippen molar-refractivity contribution in [3.63, 3.8) is 0 Å². The van der Waals surface area contributed by atoms with Gasteiger partial charge in [-0.1, -0.05) is 18.2 Å². The number of nitrogens with zero attached hydrogens (tertiary/aromatic N) is 4. The molecular formula is C21H22Br2N4OS. The van der Waals surface area contributed by atoms with Gasteiger partial charge in [-0.05, 0) is 63.9 Å². The first kappa shape index (κ1) is 20.8. The summed E-state index contributed by atoms with van der Waals surface area (Å²) >= 11 is 8.41. The monoisotopic (exact) mass is 536 g/mol. The Morgan fingerprint density at radius 2 is 1.79 bits per heavy atom. The highest BCUT2D eigenvalue weighted by Crippen LogP contribution is 2.33. The average Bonchev–Trinajstić information content (AvgIpc) is 3.22. The van der Waals surface area contributed by atoms with Crippen molar-refractivity contribution in [2.45, 2.75) is 20.4 Å². The summed E-state index contributed by atoms with van der Waals surface area (Å²) < 4.78 is 3.92. The first-order chi connectivity index (χ1) is 13.9. The van der Waals surface area contributed by atoms with E-state index in [1.165, 1.54) is 22.6 Å². The number of hydrogen-bond acceptors (Lipinski definition) is 4. The topological polar surface area (TPSA) is 41.4 Å². The molecule has 4 rings (SSSR count). The predicted molar refractivity (Wildman–Crippen MR) is 124 cm³/mol. The molecule has 0 unspecified atom stereocenters. The summed E-state index contributed by atoms with van der Waals surface area (Å²) in [5.41, 5.74) is 4.61. The third kappa shape index (κ3) is 4.35. The van der Waals surface area contributed by atoms with Crippen molar-refractivity contribution in [2.24, 2.45) is 0 Å². The van der Waals surface area contributed by atoms with Gasteiger partial charge in [0.25, 0.3) is 5.91 Å². The van der Waals surface area contributed by atoms with E-state index in [-0.39, 0.29) is 5.91 Å². The van der Waals surface area contributed by atoms with E-state index in [9.17, 15) is 4.79 Å². The molecule has 0 spiro atoms. The minimum absolute atomic E-state index is 0.116. The normalized spacial score (nSPS) is 15.1. The summed E-state index contributed by atoms with van der Waals surface area (Å²) in [6.45, 7) is 8.31. The molecule has 5 nitrogen and oxygen atoms in total. The number of aromatic nitrogens is 2. The number of thiophene rings is 1. The van der Waals surface area contributed by atoms with Crippen LogP contribution in [0.25, 0.3) is 5.69 Å². The van der Waals surface area contributed by atoms with Crippen LogP contribution < -0.4 is 0 Å². The molecule has 152 valence electrons. The molecular weight excluding hydrogens is 516 g/mol. The summed E-state index contributed by atoms with van der Waals surface area (Å²) in [7, 11) is 0. The van der Waals surface area contributed by atoms with Gasteiger partial charge in [-0.2, -0.15) is 5.10 Å². The molecule has 2 aromatic heterocycles. The molecule has 1 aliphatic heterocycles. The van der Waals surface area contributed by atoms with Crippen molar-refractivity contribution in [3.8, 4) is 5.69 Å². The fraction of sp³-hybridized carbons (Fsp3) is 0.333. The summed E-state index contributed by atoms with van der Waals surface area (Å²) in [6, 6.07) is 12.1. The Labute approximate surface area is 191 Å². The van der Waals surface area contributed by atoms with Crippen molar-refractivity contribution in [2.75, 3.05) is 26.2 Å². The molecule has 1 amide bonds. The van der Waals surface area contributed by atoms with Gasteiger partial charge in [-0.25, -0.2) is 4.68 Å². The molecule has 0 radical (unpaired) electrons. The highest BCUT2D eigenvalue weighted by Gasteiger charge is 2.25. The smallest absolute Gasteiger partial charge is 0.264 e. The third-order valence-electron chi connectivity index (χ3n) is 5.34. The van der Waals surface area contributed by atoms with Crippen LogP contribution in [0.1, 0.15) is 26.6 Å². The van der Waals surface area contributed by atoms with Gasteiger partial charge >= 0.3 is 0 Å². The zero-order valence-electron chi connectivity index (χ0n) is 16.4. The van der Waals surface area contributed by atoms with Crippen LogP contribution in [0.15, 0.2) is 44.7 Å². The number of carbonyl (C=O) groups excluding carboxylic acids is 1. The zero-order chi connectivity index (χ0) is 20.5. The summed E-state index contributed by atoms with van der Waals surface area (Å²) in [4.78, 5) is 17.9. The Bertz CT molecular complexity index is 1000. The molecule has 3 aromatic rings. The maximum absolute atomic E-state index is 12.8. The summed E-state index contributed by atoms with van der Waals surface area (Å²) in [6.07, 6.45) is 0. The van der Waals surface area contributed by atoms with Crippen LogP contribution in [0.3, 0.4) is 0 Å². The Kier molecular flexibility index (Phi) is 6.24. The molecule has 0 saturated carbocycles. The lowest BCUT2D eigenvalue weighted by molar-refractivity contribution is 0.0632. The number of benzene rings is 1. The molecule has 1 aromatic carbocycles. The fourth-order valence-electron chi connectivity index (χ4n) is 3.66. The summed E-state index contributed by atoms with van der Waals surface area (Å²) in [5.74, 6) is 0.116. The van der Waals surface area contributed by atoms with E-state index in [4.69, 9.17) is 5.10 Å². The maximum atomic E-state index is 12.8. The molecule has 1 aliphatic rings. The predicted octanol–water partition coefficient (Wildman–Crippen LogP) is 5.03. The number of amides is 1. The molecule has 29 heavy (non-hydrogen) atoms. The molecule has 0 N–H and O–H groups in total. The van der Waals surface area contributed by atoms with Crippen molar-refractivity contribution >= 4 is 49.1 Å². The lowest BCUT2D eigenvalue weighted by Crippen LogP contribution is -2.48. The quantitative estimate of drug-likeness (QED) is 0.468. The van der Waals surface area contributed by atoms with E-state index < -0.39 is 0 Å². The second-order valence-electron chi connectivity index (χ2n) is 7.20. The van der Waals surface area contributed by atoms with Crippen LogP contribution in [-0.4, -0.2) is 51.7 Å². The molecule has 8 heteroatoms. The zero-order valence-corrected chi connectivity index (χ0v) is 20.3. The number of halogens is 2. The van der Waals surface area contributed by atoms with Gasteiger partial charge in [-0.3, -0.25) is 9.69 Å². The third-order valence-corrected chi connectivity index (χ3v) is 8.58. The number of aryl methyl sites for hydroxylation is 1. The highest BCUT2D eigenvalue weighted by molar-refractivity contribution is 9.13. The highest BCUT2D eigenvalue weighted by atomic mass is 79.9. The maximum Gasteiger partial charge on any atom is 0.264 e. The van der Waals surface area contributed by atoms with Gasteiger partial charge < -0.3 is 4.90 Å². The first-order valence-electron chi connectivity index (χ1n) is 9.51. The average molecular weight is 538 g/mol. The Morgan fingerprint density at radius 1 is 1.10 bits per heavy atom. The van der Waals surface area contributed by atoms with E-state index in [1.54, 1.807) is 0 Å². The van der Waals surface area contributed by atoms with Crippen LogP contribution in [0.4, 0.5) is 0 Å². The van der Waals surface area contributed by atoms with Crippen molar-refractivity contribution in [1.29, 1.82) is 0 Å². The molecule has 0 atom stereocenters. The molecule has 1 fully saturated rings. The summed E-state index contributed by atoms with van der Waals surface area (Å²) in [5, 5.41) is 4.76. The van der Waals surface area contributed by atoms with Crippen LogP contribution in [-0.2, 0) is 6.54 Å². The Balaban J connectivity index is 1.41. The lowest BCUT2D eigenvalue weighted by Gasteiger charge is -2.34. The van der Waals surface area contributed by atoms with E-state index >= 15 is 0 Å². The SMILES string of the molecule is Cc1nn(-c2ccccc2)c(C)c1CN1CCN(C(=O)c2cc(Br)c(Br)s2)CC1. The molecule has 3 heterocycles. The molecule has 1 saturated heterocycles. The van der Waals surface area contributed by atoms with Crippen LogP contribution in [0, 0.1) is 13.8 Å². The number of piperazine rings is 1. The minimum Gasteiger partial charge on any atom is -0.335 e. The van der Waals surface area contributed by atoms with Gasteiger partial charge in [0.05, 0.1) is 20.0 Å². The van der Waals surface area contributed by atoms with Crippen molar-refractivity contribution in [1.82, 2.24) is 19.6 Å². The van der Waals surface area contributed by atoms with Gasteiger partial charge in [0.2, 0.25) is 0 Å². The second-order valence-corrected chi connectivity index (χ2v) is 10.4. The van der Waals surface area contributed by atoms with Gasteiger partial charge in [0.1, 0.15) is 0 Å². The van der Waals surface area contributed by atoms with E-state index in [1.807, 2.05) is 33.8 Å². The van der Waals surface area contributed by atoms with Crippen LogP contribution in [0.2, 0.25) is 0 Å². The Hall–Kier alpha value is -1.48. The van der Waals surface area contributed by atoms with E-state index in [0.717, 1.165) is 57.2 Å². The van der Waals surface area contributed by atoms with Crippen molar-refractivity contribution < 1.29 is 4.79 Å². The standard InChI is InChI=1S/C21H22Br2N4OS/c1-14-17(15(2)27(24-14)16-6-4-3-5-7-16)13-25-8-10-26(11-9-25)21(28)19-12-18(22)20(23)29-19/h3-7,12H,8-11,13H2,1-2H3. The van der Waals surface area contributed by atoms with Crippen LogP contribution >= 0.6 is 43.2 Å². The lowest BCUT2D eigenvalue weighted by atomic mass is 10.1. The second kappa shape index (κ2) is 8.71. The van der Waals surface area contributed by atoms with Gasteiger partial charge in [-0.15, -0.1) is 11.3 Å². The van der Waals surface area contributed by atoms with Gasteiger partial charge in [0.15, 0.2) is 0 Å². The van der Waals surface area contributed by atoms with Gasteiger partial charge in [0, 0.05) is 48.5 Å². The largest absolute Gasteiger partial charge is 0.335 e. The van der Waals surface area contributed by atoms with E-state index in [2.05, 4.69) is 62.7 Å². The Morgan fingerprint density at radius 3 is 2.41 bits per heavy atom. The minimum atomic E-state index is 0.116. The van der Waals surface area contributed by atoms with Crippen molar-refractivity contribution in [3.05, 3.63) is 66.5 Å². The van der Waals surface area contributed by atoms with Crippen LogP contribution in [0.5, 0.6) is 0 Å². The number of para-hydroxylation sites is 1. The number of rotatable bonds is 4. The number of hydrogen-bond donors (Lipinski definition) is 0. The van der Waals surface area contributed by atoms with E-state index in [0.29, 0.717) is 0 Å². The molecule has 0 bridgehead atoms.